The van der Waals surface area contributed by atoms with Crippen molar-refractivity contribution in [1.82, 2.24) is 4.90 Å². The normalized spacial score (nSPS) is 14.3. The molecule has 0 unspecified atom stereocenters. The zero-order chi connectivity index (χ0) is 18.5. The van der Waals surface area contributed by atoms with Crippen molar-refractivity contribution in [1.29, 1.82) is 0 Å². The van der Waals surface area contributed by atoms with Crippen LogP contribution < -0.4 is 4.90 Å². The maximum atomic E-state index is 13.0. The van der Waals surface area contributed by atoms with Gasteiger partial charge in [-0.25, -0.2) is 0 Å². The molecule has 0 N–H and O–H groups in total. The maximum Gasteiger partial charge on any atom is 0.254 e. The van der Waals surface area contributed by atoms with Crippen LogP contribution in [0.2, 0.25) is 0 Å². The van der Waals surface area contributed by atoms with E-state index >= 15 is 0 Å². The molecule has 4 nitrogen and oxygen atoms in total. The smallest absolute Gasteiger partial charge is 0.254 e. The Morgan fingerprint density at radius 1 is 1.19 bits per heavy atom. The van der Waals surface area contributed by atoms with Crippen LogP contribution in [0.5, 0.6) is 0 Å². The van der Waals surface area contributed by atoms with Gasteiger partial charge in [-0.15, -0.1) is 11.8 Å². The molecule has 1 saturated heterocycles. The number of aryl methyl sites for hydroxylation is 1. The first-order valence-corrected chi connectivity index (χ1v) is 10.1. The summed E-state index contributed by atoms with van der Waals surface area (Å²) in [5.41, 5.74) is 4.17. The summed E-state index contributed by atoms with van der Waals surface area (Å²) in [6, 6.07) is 14.4. The summed E-state index contributed by atoms with van der Waals surface area (Å²) in [7, 11) is 1.88. The highest BCUT2D eigenvalue weighted by Crippen LogP contribution is 2.24. The van der Waals surface area contributed by atoms with Crippen LogP contribution in [0.4, 0.5) is 5.69 Å². The molecule has 0 aliphatic carbocycles. The Morgan fingerprint density at radius 3 is 2.65 bits per heavy atom. The predicted octanol–water partition coefficient (Wildman–Crippen LogP) is 3.83. The summed E-state index contributed by atoms with van der Waals surface area (Å²) in [6.45, 7) is 5.88. The number of carbonyl (C=O) groups is 1. The van der Waals surface area contributed by atoms with Crippen molar-refractivity contribution in [3.05, 3.63) is 59.2 Å². The van der Waals surface area contributed by atoms with Gasteiger partial charge in [-0.05, 0) is 42.5 Å². The van der Waals surface area contributed by atoms with Crippen molar-refractivity contribution >= 4 is 23.4 Å². The standard InChI is InChI=1S/C21H26N2O2S/c1-16-8-9-18(26-3)14-19(16)21(24)22(2)15-17-6-4-5-7-20(17)23-10-12-25-13-11-23/h4-9,14H,10-13,15H2,1-3H3. The lowest BCUT2D eigenvalue weighted by atomic mass is 10.1. The Balaban J connectivity index is 1.80. The molecule has 0 radical (unpaired) electrons. The van der Waals surface area contributed by atoms with Crippen LogP contribution in [-0.4, -0.2) is 50.4 Å². The van der Waals surface area contributed by atoms with Gasteiger partial charge in [0, 0.05) is 42.8 Å². The van der Waals surface area contributed by atoms with Gasteiger partial charge in [0.1, 0.15) is 0 Å². The number of hydrogen-bond donors (Lipinski definition) is 0. The molecule has 1 aliphatic heterocycles. The van der Waals surface area contributed by atoms with E-state index in [1.165, 1.54) is 11.3 Å². The fourth-order valence-electron chi connectivity index (χ4n) is 3.25. The molecule has 0 spiro atoms. The molecule has 0 saturated carbocycles. The number of ether oxygens (including phenoxy) is 1. The molecular formula is C21H26N2O2S. The lowest BCUT2D eigenvalue weighted by Crippen LogP contribution is -2.37. The highest BCUT2D eigenvalue weighted by atomic mass is 32.2. The number of rotatable bonds is 5. The summed E-state index contributed by atoms with van der Waals surface area (Å²) in [5.74, 6) is 0.0650. The maximum absolute atomic E-state index is 13.0. The first kappa shape index (κ1) is 18.8. The zero-order valence-corrected chi connectivity index (χ0v) is 16.5. The first-order chi connectivity index (χ1) is 12.6. The van der Waals surface area contributed by atoms with E-state index in [2.05, 4.69) is 29.2 Å². The van der Waals surface area contributed by atoms with Gasteiger partial charge < -0.3 is 14.5 Å². The van der Waals surface area contributed by atoms with Crippen LogP contribution in [0.25, 0.3) is 0 Å². The number of benzene rings is 2. The number of carbonyl (C=O) groups excluding carboxylic acids is 1. The molecule has 5 heteroatoms. The number of para-hydroxylation sites is 1. The Labute approximate surface area is 160 Å². The van der Waals surface area contributed by atoms with Crippen LogP contribution in [0.3, 0.4) is 0 Å². The molecule has 0 aromatic heterocycles. The molecular weight excluding hydrogens is 344 g/mol. The monoisotopic (exact) mass is 370 g/mol. The number of thioether (sulfide) groups is 1. The highest BCUT2D eigenvalue weighted by Gasteiger charge is 2.19. The van der Waals surface area contributed by atoms with Gasteiger partial charge in [0.25, 0.3) is 5.91 Å². The summed E-state index contributed by atoms with van der Waals surface area (Å²) in [5, 5.41) is 0. The third kappa shape index (κ3) is 4.22. The Bertz CT molecular complexity index is 772. The molecule has 2 aromatic carbocycles. The van der Waals surface area contributed by atoms with E-state index in [0.717, 1.165) is 42.3 Å². The lowest BCUT2D eigenvalue weighted by Gasteiger charge is -2.31. The van der Waals surface area contributed by atoms with E-state index in [-0.39, 0.29) is 5.91 Å². The highest BCUT2D eigenvalue weighted by molar-refractivity contribution is 7.98. The SMILES string of the molecule is CSc1ccc(C)c(C(=O)N(C)Cc2ccccc2N2CCOCC2)c1. The minimum absolute atomic E-state index is 0.0650. The van der Waals surface area contributed by atoms with Crippen LogP contribution in [0, 0.1) is 6.92 Å². The number of amides is 1. The Kier molecular flexibility index (Phi) is 6.22. The van der Waals surface area contributed by atoms with Crippen molar-refractivity contribution in [2.24, 2.45) is 0 Å². The third-order valence-electron chi connectivity index (χ3n) is 4.77. The molecule has 1 heterocycles. The number of hydrogen-bond acceptors (Lipinski definition) is 4. The second kappa shape index (κ2) is 8.60. The molecule has 26 heavy (non-hydrogen) atoms. The van der Waals surface area contributed by atoms with Gasteiger partial charge in [-0.3, -0.25) is 4.79 Å². The minimum Gasteiger partial charge on any atom is -0.378 e. The van der Waals surface area contributed by atoms with E-state index in [4.69, 9.17) is 4.74 Å². The van der Waals surface area contributed by atoms with Crippen molar-refractivity contribution < 1.29 is 9.53 Å². The molecule has 0 bridgehead atoms. The van der Waals surface area contributed by atoms with Crippen molar-refractivity contribution in [3.8, 4) is 0 Å². The summed E-state index contributed by atoms with van der Waals surface area (Å²) in [6.07, 6.45) is 2.03. The first-order valence-electron chi connectivity index (χ1n) is 8.91. The number of nitrogens with zero attached hydrogens (tertiary/aromatic N) is 2. The van der Waals surface area contributed by atoms with E-state index in [9.17, 15) is 4.79 Å². The summed E-state index contributed by atoms with van der Waals surface area (Å²) in [4.78, 5) is 18.3. The quantitative estimate of drug-likeness (QED) is 0.749. The number of anilines is 1. The van der Waals surface area contributed by atoms with E-state index in [0.29, 0.717) is 6.54 Å². The molecule has 1 amide bonds. The van der Waals surface area contributed by atoms with Crippen LogP contribution in [-0.2, 0) is 11.3 Å². The third-order valence-corrected chi connectivity index (χ3v) is 5.50. The summed E-state index contributed by atoms with van der Waals surface area (Å²) < 4.78 is 5.47. The lowest BCUT2D eigenvalue weighted by molar-refractivity contribution is 0.0784. The molecule has 2 aromatic rings. The average molecular weight is 371 g/mol. The Hall–Kier alpha value is -1.98. The van der Waals surface area contributed by atoms with Crippen molar-refractivity contribution in [2.45, 2.75) is 18.4 Å². The predicted molar refractivity (Wildman–Crippen MR) is 108 cm³/mol. The van der Waals surface area contributed by atoms with Gasteiger partial charge >= 0.3 is 0 Å². The van der Waals surface area contributed by atoms with Crippen LogP contribution in [0.1, 0.15) is 21.5 Å². The fraction of sp³-hybridized carbons (Fsp3) is 0.381. The molecule has 1 fully saturated rings. The average Bonchev–Trinajstić information content (AvgIpc) is 2.69. The number of morpholine rings is 1. The molecule has 3 rings (SSSR count). The van der Waals surface area contributed by atoms with E-state index < -0.39 is 0 Å². The van der Waals surface area contributed by atoms with Crippen molar-refractivity contribution in [2.75, 3.05) is 44.5 Å². The molecule has 0 atom stereocenters. The van der Waals surface area contributed by atoms with Gasteiger partial charge in [0.2, 0.25) is 0 Å². The van der Waals surface area contributed by atoms with E-state index in [1.54, 1.807) is 11.8 Å². The molecule has 138 valence electrons. The Morgan fingerprint density at radius 2 is 1.92 bits per heavy atom. The minimum atomic E-state index is 0.0650. The fourth-order valence-corrected chi connectivity index (χ4v) is 3.69. The topological polar surface area (TPSA) is 32.8 Å². The zero-order valence-electron chi connectivity index (χ0n) is 15.7. The van der Waals surface area contributed by atoms with Crippen LogP contribution >= 0.6 is 11.8 Å². The van der Waals surface area contributed by atoms with E-state index in [1.807, 2.05) is 43.3 Å². The molecule has 1 aliphatic rings. The second-order valence-electron chi connectivity index (χ2n) is 6.57. The second-order valence-corrected chi connectivity index (χ2v) is 7.45. The van der Waals surface area contributed by atoms with Gasteiger partial charge in [0.05, 0.1) is 13.2 Å². The largest absolute Gasteiger partial charge is 0.378 e. The summed E-state index contributed by atoms with van der Waals surface area (Å²) >= 11 is 1.66. The van der Waals surface area contributed by atoms with Crippen molar-refractivity contribution in [3.63, 3.8) is 0 Å². The van der Waals surface area contributed by atoms with Gasteiger partial charge in [-0.2, -0.15) is 0 Å². The van der Waals surface area contributed by atoms with Gasteiger partial charge in [0.15, 0.2) is 0 Å². The van der Waals surface area contributed by atoms with Gasteiger partial charge in [-0.1, -0.05) is 24.3 Å². The van der Waals surface area contributed by atoms with Crippen LogP contribution in [0.15, 0.2) is 47.4 Å².